The average molecular weight is 487 g/mol. The number of hydrogen-bond donors (Lipinski definition) is 0. The van der Waals surface area contributed by atoms with Crippen LogP contribution in [0.15, 0.2) is 65.7 Å². The molecule has 1 saturated heterocycles. The molecule has 0 amide bonds. The van der Waals surface area contributed by atoms with E-state index < -0.39 is 0 Å². The minimum Gasteiger partial charge on any atom is -0.497 e. The van der Waals surface area contributed by atoms with Gasteiger partial charge in [-0.2, -0.15) is 0 Å². The number of fused-ring (bicyclic) bond motifs is 1. The fourth-order valence-corrected chi connectivity index (χ4v) is 5.61. The van der Waals surface area contributed by atoms with Gasteiger partial charge < -0.3 is 14.0 Å². The Bertz CT molecular complexity index is 1360. The van der Waals surface area contributed by atoms with Crippen LogP contribution < -0.4 is 4.74 Å². The molecule has 2 aromatic carbocycles. The van der Waals surface area contributed by atoms with E-state index in [0.29, 0.717) is 5.75 Å². The molecule has 180 valence electrons. The number of rotatable bonds is 8. The van der Waals surface area contributed by atoms with Gasteiger partial charge in [0.05, 0.1) is 29.5 Å². The Hall–Kier alpha value is -3.09. The van der Waals surface area contributed by atoms with Crippen molar-refractivity contribution >= 4 is 28.4 Å². The summed E-state index contributed by atoms with van der Waals surface area (Å²) in [5, 5.41) is 1.89. The Morgan fingerprint density at radius 3 is 2.71 bits per heavy atom. The van der Waals surface area contributed by atoms with Crippen molar-refractivity contribution in [3.63, 3.8) is 0 Å². The molecule has 0 N–H and O–H groups in total. The lowest BCUT2D eigenvalue weighted by Crippen LogP contribution is -2.17. The molecule has 35 heavy (non-hydrogen) atoms. The molecule has 0 aliphatic carbocycles. The summed E-state index contributed by atoms with van der Waals surface area (Å²) in [5.74, 6) is 1.22. The lowest BCUT2D eigenvalue weighted by Gasteiger charge is -2.14. The molecule has 1 fully saturated rings. The number of hydrogen-bond acceptors (Lipinski definition) is 5. The highest BCUT2D eigenvalue weighted by Gasteiger charge is 2.21. The summed E-state index contributed by atoms with van der Waals surface area (Å²) in [7, 11) is 1.66. The maximum Gasteiger partial charge on any atom is 0.174 e. The second-order valence-corrected chi connectivity index (χ2v) is 10.00. The Morgan fingerprint density at radius 2 is 1.97 bits per heavy atom. The van der Waals surface area contributed by atoms with Crippen LogP contribution in [0.5, 0.6) is 5.75 Å². The highest BCUT2D eigenvalue weighted by atomic mass is 32.2. The second-order valence-electron chi connectivity index (χ2n) is 9.00. The van der Waals surface area contributed by atoms with Crippen molar-refractivity contribution in [2.24, 2.45) is 0 Å². The predicted molar refractivity (Wildman–Crippen MR) is 142 cm³/mol. The first-order valence-corrected chi connectivity index (χ1v) is 13.0. The van der Waals surface area contributed by atoms with Gasteiger partial charge in [-0.15, -0.1) is 0 Å². The normalized spacial score (nSPS) is 15.6. The van der Waals surface area contributed by atoms with E-state index in [-0.39, 0.29) is 11.9 Å². The number of carbonyl (C=O) groups is 1. The number of nitrogens with zero attached hydrogens (tertiary/aromatic N) is 2. The topological polar surface area (TPSA) is 53.4 Å². The highest BCUT2D eigenvalue weighted by Crippen LogP contribution is 2.34. The van der Waals surface area contributed by atoms with Crippen LogP contribution in [0, 0.1) is 13.8 Å². The number of pyridine rings is 1. The number of Topliss-reactive ketones (excluding diaryl/α,β-unsaturated/α-hetero) is 1. The zero-order valence-corrected chi connectivity index (χ0v) is 21.2. The summed E-state index contributed by atoms with van der Waals surface area (Å²) in [6.07, 6.45) is 2.44. The summed E-state index contributed by atoms with van der Waals surface area (Å²) in [6, 6.07) is 20.3. The van der Waals surface area contributed by atoms with Gasteiger partial charge in [0.2, 0.25) is 0 Å². The van der Waals surface area contributed by atoms with Gasteiger partial charge in [-0.05, 0) is 62.1 Å². The van der Waals surface area contributed by atoms with E-state index in [1.807, 2.05) is 49.4 Å². The molecule has 5 rings (SSSR count). The maximum atomic E-state index is 13.2. The van der Waals surface area contributed by atoms with Gasteiger partial charge in [-0.3, -0.25) is 4.79 Å². The number of benzene rings is 2. The minimum absolute atomic E-state index is 0.121. The van der Waals surface area contributed by atoms with Crippen molar-refractivity contribution < 1.29 is 14.3 Å². The van der Waals surface area contributed by atoms with E-state index >= 15 is 0 Å². The molecule has 0 spiro atoms. The van der Waals surface area contributed by atoms with Crippen molar-refractivity contribution in [2.45, 2.75) is 44.4 Å². The molecule has 0 saturated carbocycles. The number of ketones is 1. The van der Waals surface area contributed by atoms with E-state index in [9.17, 15) is 4.79 Å². The molecule has 1 atom stereocenters. The first-order chi connectivity index (χ1) is 17.0. The smallest absolute Gasteiger partial charge is 0.174 e. The SMILES string of the molecule is COc1ccc2c(-c3ccccc3)cc(SCC(=O)c3cc(C)n(C[C@@H]4CCCO4)c3C)nc2c1. The number of aryl methyl sites for hydroxylation is 1. The van der Waals surface area contributed by atoms with Gasteiger partial charge in [-0.1, -0.05) is 42.1 Å². The fourth-order valence-electron chi connectivity index (χ4n) is 4.81. The van der Waals surface area contributed by atoms with Crippen molar-refractivity contribution in [2.75, 3.05) is 19.5 Å². The van der Waals surface area contributed by atoms with E-state index in [4.69, 9.17) is 14.5 Å². The molecule has 0 unspecified atom stereocenters. The van der Waals surface area contributed by atoms with Crippen LogP contribution >= 0.6 is 11.8 Å². The van der Waals surface area contributed by atoms with E-state index in [1.165, 1.54) is 11.8 Å². The van der Waals surface area contributed by atoms with Crippen LogP contribution in [0.3, 0.4) is 0 Å². The van der Waals surface area contributed by atoms with Gasteiger partial charge >= 0.3 is 0 Å². The number of carbonyl (C=O) groups excluding carboxylic acids is 1. The number of methoxy groups -OCH3 is 1. The molecule has 1 aliphatic rings. The Morgan fingerprint density at radius 1 is 1.14 bits per heavy atom. The Labute approximate surface area is 210 Å². The summed E-state index contributed by atoms with van der Waals surface area (Å²) >= 11 is 1.48. The maximum absolute atomic E-state index is 13.2. The first-order valence-electron chi connectivity index (χ1n) is 12.0. The van der Waals surface area contributed by atoms with Gasteiger partial charge in [-0.25, -0.2) is 4.98 Å². The van der Waals surface area contributed by atoms with Crippen molar-refractivity contribution in [3.8, 4) is 16.9 Å². The molecule has 0 bridgehead atoms. The van der Waals surface area contributed by atoms with Crippen LogP contribution in [0.2, 0.25) is 0 Å². The molecule has 3 heterocycles. The van der Waals surface area contributed by atoms with Crippen LogP contribution in [0.1, 0.15) is 34.6 Å². The first kappa shape index (κ1) is 23.6. The monoisotopic (exact) mass is 486 g/mol. The lowest BCUT2D eigenvalue weighted by molar-refractivity contribution is 0.0957. The minimum atomic E-state index is 0.121. The quantitative estimate of drug-likeness (QED) is 0.211. The molecule has 0 radical (unpaired) electrons. The van der Waals surface area contributed by atoms with Gasteiger partial charge in [0.1, 0.15) is 5.75 Å². The third-order valence-corrected chi connectivity index (χ3v) is 7.63. The van der Waals surface area contributed by atoms with Crippen molar-refractivity contribution in [3.05, 3.63) is 77.6 Å². The number of thioether (sulfide) groups is 1. The predicted octanol–water partition coefficient (Wildman–Crippen LogP) is 6.48. The van der Waals surface area contributed by atoms with Gasteiger partial charge in [0, 0.05) is 41.6 Å². The molecule has 5 nitrogen and oxygen atoms in total. The summed E-state index contributed by atoms with van der Waals surface area (Å²) in [4.78, 5) is 18.1. The number of aromatic nitrogens is 2. The van der Waals surface area contributed by atoms with Crippen LogP contribution in [0.4, 0.5) is 0 Å². The Kier molecular flexibility index (Phi) is 6.93. The zero-order valence-electron chi connectivity index (χ0n) is 20.4. The van der Waals surface area contributed by atoms with Crippen LogP contribution in [-0.2, 0) is 11.3 Å². The molecular weight excluding hydrogens is 456 g/mol. The average Bonchev–Trinajstić information content (AvgIpc) is 3.50. The van der Waals surface area contributed by atoms with Gasteiger partial charge in [0.15, 0.2) is 5.78 Å². The van der Waals surface area contributed by atoms with Crippen molar-refractivity contribution in [1.29, 1.82) is 0 Å². The summed E-state index contributed by atoms with van der Waals surface area (Å²) < 4.78 is 13.5. The van der Waals surface area contributed by atoms with E-state index in [2.05, 4.69) is 29.7 Å². The fraction of sp³-hybridized carbons (Fsp3) is 0.310. The molecule has 4 aromatic rings. The second kappa shape index (κ2) is 10.3. The van der Waals surface area contributed by atoms with E-state index in [1.54, 1.807) is 7.11 Å². The highest BCUT2D eigenvalue weighted by molar-refractivity contribution is 7.99. The standard InChI is InChI=1S/C29H30N2O3S/c1-19-14-25(20(2)31(19)17-23-10-7-13-34-23)28(32)18-35-29-16-26(21-8-5-4-6-9-21)24-12-11-22(33-3)15-27(24)30-29/h4-6,8-9,11-12,14-16,23H,7,10,13,17-18H2,1-3H3/t23-/m0/s1. The molecule has 6 heteroatoms. The zero-order chi connectivity index (χ0) is 24.4. The summed E-state index contributed by atoms with van der Waals surface area (Å²) in [6.45, 7) is 5.75. The molecule has 1 aliphatic heterocycles. The third kappa shape index (κ3) is 5.00. The van der Waals surface area contributed by atoms with Crippen LogP contribution in [0.25, 0.3) is 22.0 Å². The lowest BCUT2D eigenvalue weighted by atomic mass is 10.0. The van der Waals surface area contributed by atoms with Gasteiger partial charge in [0.25, 0.3) is 0 Å². The molecule has 2 aromatic heterocycles. The summed E-state index contributed by atoms with van der Waals surface area (Å²) in [5.41, 5.74) is 5.99. The van der Waals surface area contributed by atoms with E-state index in [0.717, 1.165) is 75.7 Å². The van der Waals surface area contributed by atoms with Crippen molar-refractivity contribution in [1.82, 2.24) is 9.55 Å². The largest absolute Gasteiger partial charge is 0.497 e. The Balaban J connectivity index is 1.40. The van der Waals surface area contributed by atoms with Crippen LogP contribution in [-0.4, -0.2) is 40.9 Å². The third-order valence-electron chi connectivity index (χ3n) is 6.71. The number of ether oxygens (including phenoxy) is 2. The molecular formula is C29H30N2O3S.